The number of hydrogen-bond acceptors (Lipinski definition) is 2. The second-order valence-electron chi connectivity index (χ2n) is 21.9. The van der Waals surface area contributed by atoms with Crippen molar-refractivity contribution in [3.05, 3.63) is 142 Å². The van der Waals surface area contributed by atoms with Gasteiger partial charge in [0.05, 0.1) is 0 Å². The van der Waals surface area contributed by atoms with Crippen LogP contribution in [0, 0.1) is 0 Å². The van der Waals surface area contributed by atoms with Gasteiger partial charge in [-0.3, -0.25) is 5.09 Å². The number of halogens is 1. The van der Waals surface area contributed by atoms with Gasteiger partial charge in [-0.05, 0) is 126 Å². The van der Waals surface area contributed by atoms with Gasteiger partial charge < -0.3 is 5.73 Å². The molecule has 5 heteroatoms. The fourth-order valence-corrected chi connectivity index (χ4v) is 15.0. The van der Waals surface area contributed by atoms with Crippen LogP contribution in [-0.2, 0) is 21.7 Å². The highest BCUT2D eigenvalue weighted by Crippen LogP contribution is 2.73. The normalized spacial score (nSPS) is 20.2. The van der Waals surface area contributed by atoms with Crippen molar-refractivity contribution in [1.29, 1.82) is 0 Å². The second kappa shape index (κ2) is 22.7. The first-order chi connectivity index (χ1) is 28.6. The van der Waals surface area contributed by atoms with Crippen molar-refractivity contribution in [3.8, 4) is 0 Å². The molecule has 61 heavy (non-hydrogen) atoms. The molecule has 0 aliphatic carbocycles. The van der Waals surface area contributed by atoms with E-state index >= 15 is 0 Å². The van der Waals surface area contributed by atoms with Crippen molar-refractivity contribution in [1.82, 2.24) is 5.09 Å². The van der Waals surface area contributed by atoms with Crippen LogP contribution in [0.15, 0.2) is 97.1 Å². The van der Waals surface area contributed by atoms with Gasteiger partial charge in [-0.1, -0.05) is 218 Å². The van der Waals surface area contributed by atoms with Gasteiger partial charge in [0.15, 0.2) is 0 Å². The highest BCUT2D eigenvalue weighted by molar-refractivity contribution is 7.84. The Morgan fingerprint density at radius 1 is 0.459 bits per heavy atom. The van der Waals surface area contributed by atoms with E-state index in [0.29, 0.717) is 22.6 Å². The molecule has 2 nitrogen and oxygen atoms in total. The monoisotopic (exact) mass is 883 g/mol. The summed E-state index contributed by atoms with van der Waals surface area (Å²) in [6, 6.07) is 37.5. The lowest BCUT2D eigenvalue weighted by Gasteiger charge is -2.28. The molecule has 4 aromatic rings. The molecule has 4 aromatic carbocycles. The lowest BCUT2D eigenvalue weighted by atomic mass is 9.86. The van der Waals surface area contributed by atoms with Gasteiger partial charge in [-0.15, -0.1) is 0 Å². The van der Waals surface area contributed by atoms with E-state index in [2.05, 4.69) is 199 Å². The summed E-state index contributed by atoms with van der Waals surface area (Å²) in [7, 11) is -0.809. The Balaban J connectivity index is 0.000000244. The van der Waals surface area contributed by atoms with Gasteiger partial charge in [0.25, 0.3) is 0 Å². The fraction of sp³-hybridized carbons (Fsp3) is 0.571. The molecule has 3 N–H and O–H groups in total. The molecule has 0 saturated carbocycles. The number of nitrogens with one attached hydrogen (secondary N) is 1. The molecule has 6 rings (SSSR count). The third kappa shape index (κ3) is 14.7. The highest BCUT2D eigenvalue weighted by atomic mass is 35.7. The Labute approximate surface area is 382 Å². The summed E-state index contributed by atoms with van der Waals surface area (Å²) in [5, 5.41) is 4.03. The molecule has 2 heterocycles. The molecule has 0 bridgehead atoms. The summed E-state index contributed by atoms with van der Waals surface area (Å²) in [5.74, 6) is 0. The molecule has 2 saturated heterocycles. The molecular weight excluding hydrogens is 798 g/mol. The van der Waals surface area contributed by atoms with Crippen LogP contribution in [0.5, 0.6) is 0 Å². The van der Waals surface area contributed by atoms with E-state index in [9.17, 15) is 0 Å². The molecular formula is C56H85ClN2P2. The van der Waals surface area contributed by atoms with Crippen molar-refractivity contribution >= 4 is 26.6 Å². The summed E-state index contributed by atoms with van der Waals surface area (Å²) in [5.41, 5.74) is 19.9. The molecule has 0 unspecified atom stereocenters. The third-order valence-electron chi connectivity index (χ3n) is 12.7. The average molecular weight is 884 g/mol. The SMILES string of the molecule is CC(C)(C)c1ccc([C@@H]2CC[C@@H](c3ccc(C(C)(C)C)cc3)P2Cl)cc1.CCCCN.CCCCNP1[C@H](c2ccc(C(C)(C)C)cc2)CC[C@H]1c1ccc(C(C)(C)C)cc1. The van der Waals surface area contributed by atoms with E-state index in [1.807, 2.05) is 0 Å². The molecule has 0 spiro atoms. The summed E-state index contributed by atoms with van der Waals surface area (Å²) in [4.78, 5) is 0. The first-order valence-electron chi connectivity index (χ1n) is 23.7. The van der Waals surface area contributed by atoms with Crippen molar-refractivity contribution in [2.45, 2.75) is 193 Å². The van der Waals surface area contributed by atoms with Gasteiger partial charge >= 0.3 is 0 Å². The Bertz CT molecular complexity index is 1720. The molecule has 0 aromatic heterocycles. The van der Waals surface area contributed by atoms with Crippen LogP contribution < -0.4 is 10.8 Å². The second-order valence-corrected chi connectivity index (χ2v) is 27.3. The zero-order chi connectivity index (χ0) is 45.2. The topological polar surface area (TPSA) is 38.0 Å². The van der Waals surface area contributed by atoms with Crippen LogP contribution in [-0.4, -0.2) is 13.1 Å². The molecule has 336 valence electrons. The summed E-state index contributed by atoms with van der Waals surface area (Å²) >= 11 is 7.04. The largest absolute Gasteiger partial charge is 0.330 e. The minimum Gasteiger partial charge on any atom is -0.330 e. The predicted molar refractivity (Wildman–Crippen MR) is 277 cm³/mol. The van der Waals surface area contributed by atoms with Crippen LogP contribution in [0.2, 0.25) is 0 Å². The highest BCUT2D eigenvalue weighted by Gasteiger charge is 2.38. The zero-order valence-corrected chi connectivity index (χ0v) is 43.5. The maximum Gasteiger partial charge on any atom is 0.0186 e. The minimum absolute atomic E-state index is 0.206. The van der Waals surface area contributed by atoms with Crippen LogP contribution in [0.3, 0.4) is 0 Å². The molecule has 2 aliphatic rings. The van der Waals surface area contributed by atoms with Crippen molar-refractivity contribution in [3.63, 3.8) is 0 Å². The summed E-state index contributed by atoms with van der Waals surface area (Å²) in [6.45, 7) is 33.8. The summed E-state index contributed by atoms with van der Waals surface area (Å²) in [6.07, 6.45) is 9.91. The Kier molecular flexibility index (Phi) is 19.2. The number of nitrogens with two attached hydrogens (primary N) is 1. The van der Waals surface area contributed by atoms with E-state index < -0.39 is 7.27 Å². The Morgan fingerprint density at radius 3 is 0.951 bits per heavy atom. The maximum absolute atomic E-state index is 7.04. The number of unbranched alkanes of at least 4 members (excludes halogenated alkanes) is 2. The van der Waals surface area contributed by atoms with Crippen molar-refractivity contribution in [2.24, 2.45) is 5.73 Å². The third-order valence-corrected chi connectivity index (χ3v) is 19.5. The van der Waals surface area contributed by atoms with Crippen LogP contribution >= 0.6 is 26.6 Å². The minimum atomic E-state index is -0.548. The van der Waals surface area contributed by atoms with Crippen LogP contribution in [0.1, 0.15) is 215 Å². The van der Waals surface area contributed by atoms with E-state index in [4.69, 9.17) is 17.0 Å². The fourth-order valence-electron chi connectivity index (χ4n) is 8.49. The molecule has 4 atom stereocenters. The van der Waals surface area contributed by atoms with Gasteiger partial charge in [-0.25, -0.2) is 0 Å². The van der Waals surface area contributed by atoms with E-state index in [1.165, 1.54) is 95.9 Å². The van der Waals surface area contributed by atoms with Gasteiger partial charge in [0.2, 0.25) is 0 Å². The lowest BCUT2D eigenvalue weighted by molar-refractivity contribution is 0.589. The molecule has 2 fully saturated rings. The van der Waals surface area contributed by atoms with Gasteiger partial charge in [-0.2, -0.15) is 0 Å². The lowest BCUT2D eigenvalue weighted by Crippen LogP contribution is -2.14. The van der Waals surface area contributed by atoms with Gasteiger partial charge in [0.1, 0.15) is 0 Å². The molecule has 0 radical (unpaired) electrons. The van der Waals surface area contributed by atoms with Crippen molar-refractivity contribution in [2.75, 3.05) is 13.1 Å². The maximum atomic E-state index is 7.04. The molecule has 2 aliphatic heterocycles. The Hall–Kier alpha value is -2.05. The smallest absolute Gasteiger partial charge is 0.0186 e. The van der Waals surface area contributed by atoms with E-state index in [0.717, 1.165) is 13.1 Å². The average Bonchev–Trinajstić information content (AvgIpc) is 3.81. The number of rotatable bonds is 10. The van der Waals surface area contributed by atoms with Crippen LogP contribution in [0.4, 0.5) is 0 Å². The predicted octanol–water partition coefficient (Wildman–Crippen LogP) is 17.9. The number of benzene rings is 4. The first kappa shape index (κ1) is 51.6. The quantitative estimate of drug-likeness (QED) is 0.123. The van der Waals surface area contributed by atoms with Gasteiger partial charge in [0, 0.05) is 29.9 Å². The zero-order valence-electron chi connectivity index (χ0n) is 41.0. The molecule has 0 amide bonds. The first-order valence-corrected chi connectivity index (χ1v) is 27.5. The van der Waals surface area contributed by atoms with Crippen LogP contribution in [0.25, 0.3) is 0 Å². The van der Waals surface area contributed by atoms with E-state index in [-0.39, 0.29) is 29.7 Å². The van der Waals surface area contributed by atoms with Crippen molar-refractivity contribution < 1.29 is 0 Å². The Morgan fingerprint density at radius 2 is 0.721 bits per heavy atom. The number of hydrogen-bond donors (Lipinski definition) is 2. The van der Waals surface area contributed by atoms with E-state index in [1.54, 1.807) is 0 Å². The summed E-state index contributed by atoms with van der Waals surface area (Å²) < 4.78 is 0. The standard InChI is InChI=1S/C28H42NP.C24H32ClP.C4H11N/c1-8-9-20-29-30-25(21-10-14-23(15-11-21)27(2,3)4)18-19-26(30)22-12-16-24(17-13-22)28(5,6)7;1-23(2,3)19-11-7-17(8-12-19)21-15-16-22(26(21)25)18-9-13-20(14-10-18)24(4,5)6;1-2-3-4-5/h10-17,25-26,29H,8-9,18-20H2,1-7H3;7-14,21-22H,15-16H2,1-6H3;2-5H2,1H3/t25-,26-;21-,22-;/m00./s1.